The summed E-state index contributed by atoms with van der Waals surface area (Å²) in [6, 6.07) is 5.61. The summed E-state index contributed by atoms with van der Waals surface area (Å²) in [6.07, 6.45) is 3.04. The lowest BCUT2D eigenvalue weighted by atomic mass is 9.80. The minimum absolute atomic E-state index is 0.0426. The monoisotopic (exact) mass is 262 g/mol. The first-order valence-corrected chi connectivity index (χ1v) is 6.54. The van der Waals surface area contributed by atoms with Gasteiger partial charge in [-0.25, -0.2) is 0 Å². The Bertz CT molecular complexity index is 493. The number of hydrogen-bond donors (Lipinski definition) is 1. The van der Waals surface area contributed by atoms with Crippen molar-refractivity contribution in [1.82, 2.24) is 0 Å². The van der Waals surface area contributed by atoms with E-state index in [9.17, 15) is 9.59 Å². The number of aliphatic carboxylic acids is 1. The molecule has 1 N–H and O–H groups in total. The van der Waals surface area contributed by atoms with Gasteiger partial charge in [0.05, 0.1) is 7.11 Å². The summed E-state index contributed by atoms with van der Waals surface area (Å²) >= 11 is 0. The molecule has 1 aliphatic carbocycles. The molecule has 0 fully saturated rings. The van der Waals surface area contributed by atoms with Crippen LogP contribution in [0.4, 0.5) is 0 Å². The number of Topliss-reactive ketones (excluding diaryl/α,β-unsaturated/α-hetero) is 1. The molecule has 102 valence electrons. The van der Waals surface area contributed by atoms with Crippen molar-refractivity contribution in [2.24, 2.45) is 5.92 Å². The quantitative estimate of drug-likeness (QED) is 0.886. The third kappa shape index (κ3) is 3.13. The van der Waals surface area contributed by atoms with Crippen molar-refractivity contribution in [3.63, 3.8) is 0 Å². The van der Waals surface area contributed by atoms with Crippen molar-refractivity contribution in [2.75, 3.05) is 7.11 Å². The fourth-order valence-electron chi connectivity index (χ4n) is 2.59. The second-order valence-electron chi connectivity index (χ2n) is 4.91. The lowest BCUT2D eigenvalue weighted by Gasteiger charge is -2.23. The lowest BCUT2D eigenvalue weighted by Crippen LogP contribution is -2.22. The Hall–Kier alpha value is -1.84. The van der Waals surface area contributed by atoms with Gasteiger partial charge in [-0.3, -0.25) is 9.59 Å². The molecule has 4 heteroatoms. The normalized spacial score (nSPS) is 17.9. The average molecular weight is 262 g/mol. The highest BCUT2D eigenvalue weighted by molar-refractivity contribution is 6.00. The van der Waals surface area contributed by atoms with Gasteiger partial charge in [0.2, 0.25) is 0 Å². The van der Waals surface area contributed by atoms with E-state index in [1.807, 2.05) is 12.1 Å². The molecule has 1 aliphatic rings. The van der Waals surface area contributed by atoms with Gasteiger partial charge in [-0.1, -0.05) is 6.07 Å². The lowest BCUT2D eigenvalue weighted by molar-refractivity contribution is -0.137. The van der Waals surface area contributed by atoms with Crippen LogP contribution in [-0.4, -0.2) is 24.0 Å². The molecule has 0 saturated carbocycles. The summed E-state index contributed by atoms with van der Waals surface area (Å²) in [7, 11) is 1.58. The van der Waals surface area contributed by atoms with E-state index >= 15 is 0 Å². The predicted octanol–water partition coefficient (Wildman–Crippen LogP) is 2.70. The van der Waals surface area contributed by atoms with E-state index < -0.39 is 5.97 Å². The number of benzene rings is 1. The van der Waals surface area contributed by atoms with Gasteiger partial charge in [0.1, 0.15) is 5.75 Å². The van der Waals surface area contributed by atoms with Crippen LogP contribution in [0, 0.1) is 5.92 Å². The Labute approximate surface area is 112 Å². The molecule has 0 aliphatic heterocycles. The van der Waals surface area contributed by atoms with Crippen molar-refractivity contribution in [1.29, 1.82) is 0 Å². The molecular weight excluding hydrogens is 244 g/mol. The second-order valence-corrected chi connectivity index (χ2v) is 4.91. The summed E-state index contributed by atoms with van der Waals surface area (Å²) in [4.78, 5) is 22.9. The van der Waals surface area contributed by atoms with Crippen LogP contribution in [0.5, 0.6) is 5.75 Å². The van der Waals surface area contributed by atoms with E-state index in [-0.39, 0.29) is 18.1 Å². The van der Waals surface area contributed by atoms with Crippen LogP contribution in [-0.2, 0) is 11.2 Å². The molecule has 0 aromatic heterocycles. The van der Waals surface area contributed by atoms with Crippen LogP contribution in [0.1, 0.15) is 41.6 Å². The molecule has 1 unspecified atom stereocenters. The van der Waals surface area contributed by atoms with Gasteiger partial charge in [-0.15, -0.1) is 0 Å². The van der Waals surface area contributed by atoms with E-state index in [1.54, 1.807) is 13.2 Å². The molecule has 0 saturated heterocycles. The fourth-order valence-corrected chi connectivity index (χ4v) is 2.59. The maximum Gasteiger partial charge on any atom is 0.303 e. The number of carbonyl (C=O) groups excluding carboxylic acids is 1. The number of rotatable bonds is 5. The average Bonchev–Trinajstić information content (AvgIpc) is 2.41. The first-order valence-electron chi connectivity index (χ1n) is 6.54. The molecule has 1 aromatic carbocycles. The predicted molar refractivity (Wildman–Crippen MR) is 70.6 cm³/mol. The zero-order valence-corrected chi connectivity index (χ0v) is 11.0. The number of aryl methyl sites for hydroxylation is 1. The molecule has 0 heterocycles. The standard InChI is InChI=1S/C15H18O4/c1-19-12-8-7-10-5-6-11(3-2-4-14(16)17)15(18)13(10)9-12/h7-9,11H,2-6H2,1H3,(H,16,17). The first kappa shape index (κ1) is 13.6. The van der Waals surface area contributed by atoms with Crippen LogP contribution in [0.15, 0.2) is 18.2 Å². The van der Waals surface area contributed by atoms with Gasteiger partial charge in [0.15, 0.2) is 5.78 Å². The minimum atomic E-state index is -0.801. The van der Waals surface area contributed by atoms with Crippen LogP contribution >= 0.6 is 0 Å². The molecule has 19 heavy (non-hydrogen) atoms. The number of ether oxygens (including phenoxy) is 1. The smallest absolute Gasteiger partial charge is 0.303 e. The highest BCUT2D eigenvalue weighted by Gasteiger charge is 2.27. The second kappa shape index (κ2) is 5.87. The van der Waals surface area contributed by atoms with Crippen molar-refractivity contribution >= 4 is 11.8 Å². The molecule has 1 aromatic rings. The number of fused-ring (bicyclic) bond motifs is 1. The van der Waals surface area contributed by atoms with Gasteiger partial charge in [0.25, 0.3) is 0 Å². The van der Waals surface area contributed by atoms with E-state index in [2.05, 4.69) is 0 Å². The van der Waals surface area contributed by atoms with E-state index in [0.29, 0.717) is 18.6 Å². The Balaban J connectivity index is 2.07. The highest BCUT2D eigenvalue weighted by Crippen LogP contribution is 2.31. The minimum Gasteiger partial charge on any atom is -0.497 e. The third-order valence-electron chi connectivity index (χ3n) is 3.66. The summed E-state index contributed by atoms with van der Waals surface area (Å²) in [6.45, 7) is 0. The van der Waals surface area contributed by atoms with Gasteiger partial charge in [-0.05, 0) is 43.4 Å². The molecule has 0 radical (unpaired) electrons. The summed E-state index contributed by atoms with van der Waals surface area (Å²) in [5, 5.41) is 8.63. The van der Waals surface area contributed by atoms with Crippen molar-refractivity contribution in [3.05, 3.63) is 29.3 Å². The summed E-state index contributed by atoms with van der Waals surface area (Å²) < 4.78 is 5.15. The molecular formula is C15H18O4. The number of hydrogen-bond acceptors (Lipinski definition) is 3. The summed E-state index contributed by atoms with van der Waals surface area (Å²) in [5.74, 6) is -0.0203. The largest absolute Gasteiger partial charge is 0.497 e. The molecule has 2 rings (SSSR count). The molecule has 0 amide bonds. The van der Waals surface area contributed by atoms with Crippen LogP contribution in [0.3, 0.4) is 0 Å². The maximum atomic E-state index is 12.4. The Morgan fingerprint density at radius 3 is 2.95 bits per heavy atom. The number of ketones is 1. The number of carboxylic acids is 1. The number of carboxylic acid groups (broad SMARTS) is 1. The van der Waals surface area contributed by atoms with Crippen LogP contribution in [0.25, 0.3) is 0 Å². The van der Waals surface area contributed by atoms with Crippen molar-refractivity contribution in [2.45, 2.75) is 32.1 Å². The van der Waals surface area contributed by atoms with Gasteiger partial charge in [0, 0.05) is 17.9 Å². The molecule has 0 bridgehead atoms. The van der Waals surface area contributed by atoms with Crippen LogP contribution in [0.2, 0.25) is 0 Å². The molecule has 4 nitrogen and oxygen atoms in total. The zero-order valence-electron chi connectivity index (χ0n) is 11.0. The zero-order chi connectivity index (χ0) is 13.8. The Kier molecular flexibility index (Phi) is 4.20. The Morgan fingerprint density at radius 1 is 1.47 bits per heavy atom. The van der Waals surface area contributed by atoms with Gasteiger partial charge >= 0.3 is 5.97 Å². The summed E-state index contributed by atoms with van der Waals surface area (Å²) in [5.41, 5.74) is 1.81. The molecule has 1 atom stereocenters. The van der Waals surface area contributed by atoms with E-state index in [4.69, 9.17) is 9.84 Å². The third-order valence-corrected chi connectivity index (χ3v) is 3.66. The molecule has 0 spiro atoms. The first-order chi connectivity index (χ1) is 9.11. The fraction of sp³-hybridized carbons (Fsp3) is 0.467. The van der Waals surface area contributed by atoms with Crippen molar-refractivity contribution in [3.8, 4) is 5.75 Å². The van der Waals surface area contributed by atoms with Crippen molar-refractivity contribution < 1.29 is 19.4 Å². The Morgan fingerprint density at radius 2 is 2.26 bits per heavy atom. The number of methoxy groups -OCH3 is 1. The van der Waals surface area contributed by atoms with E-state index in [1.165, 1.54) is 0 Å². The SMILES string of the molecule is COc1ccc2c(c1)C(=O)C(CCCC(=O)O)CC2. The maximum absolute atomic E-state index is 12.4. The van der Waals surface area contributed by atoms with Crippen LogP contribution < -0.4 is 4.74 Å². The van der Waals surface area contributed by atoms with Gasteiger partial charge < -0.3 is 9.84 Å². The van der Waals surface area contributed by atoms with E-state index in [0.717, 1.165) is 24.0 Å². The topological polar surface area (TPSA) is 63.6 Å². The highest BCUT2D eigenvalue weighted by atomic mass is 16.5. The van der Waals surface area contributed by atoms with Gasteiger partial charge in [-0.2, -0.15) is 0 Å². The number of carbonyl (C=O) groups is 2.